The number of ether oxygens (including phenoxy) is 1. The number of aliphatic hydroxyl groups excluding tert-OH is 1. The van der Waals surface area contributed by atoms with Crippen molar-refractivity contribution in [1.29, 1.82) is 0 Å². The molecule has 2 aromatic carbocycles. The van der Waals surface area contributed by atoms with Crippen LogP contribution in [0.1, 0.15) is 67.6 Å². The fraction of sp³-hybridized carbons (Fsp3) is 0.464. The predicted molar refractivity (Wildman–Crippen MR) is 142 cm³/mol. The Balaban J connectivity index is 1.35. The molecule has 196 valence electrons. The number of halogens is 1. The van der Waals surface area contributed by atoms with Crippen molar-refractivity contribution < 1.29 is 19.4 Å². The third kappa shape index (κ3) is 5.81. The molecule has 9 heteroatoms. The molecular formula is C28H33ClN4O4. The number of ketones is 1. The van der Waals surface area contributed by atoms with Gasteiger partial charge >= 0.3 is 0 Å². The maximum absolute atomic E-state index is 13.2. The molecule has 1 aromatic heterocycles. The summed E-state index contributed by atoms with van der Waals surface area (Å²) in [5.74, 6) is -0.812. The van der Waals surface area contributed by atoms with Gasteiger partial charge in [-0.3, -0.25) is 14.3 Å². The van der Waals surface area contributed by atoms with E-state index in [1.165, 1.54) is 0 Å². The van der Waals surface area contributed by atoms with E-state index in [2.05, 4.69) is 15.3 Å². The van der Waals surface area contributed by atoms with Crippen molar-refractivity contribution in [2.75, 3.05) is 19.6 Å². The lowest BCUT2D eigenvalue weighted by Crippen LogP contribution is -2.48. The molecule has 2 N–H and O–H groups in total. The van der Waals surface area contributed by atoms with Crippen molar-refractivity contribution in [2.24, 2.45) is 0 Å². The zero-order valence-electron chi connectivity index (χ0n) is 21.2. The van der Waals surface area contributed by atoms with Gasteiger partial charge < -0.3 is 20.1 Å². The number of hydrogen-bond acceptors (Lipinski definition) is 6. The van der Waals surface area contributed by atoms with E-state index in [0.717, 1.165) is 49.7 Å². The Bertz CT molecular complexity index is 1300. The van der Waals surface area contributed by atoms with E-state index in [9.17, 15) is 14.7 Å². The van der Waals surface area contributed by atoms with Gasteiger partial charge in [0.05, 0.1) is 28.9 Å². The van der Waals surface area contributed by atoms with E-state index in [4.69, 9.17) is 16.3 Å². The van der Waals surface area contributed by atoms with E-state index in [1.54, 1.807) is 42.6 Å². The Labute approximate surface area is 221 Å². The quantitative estimate of drug-likeness (QED) is 0.303. The Morgan fingerprint density at radius 2 is 1.92 bits per heavy atom. The van der Waals surface area contributed by atoms with Crippen LogP contribution in [0.3, 0.4) is 0 Å². The second kappa shape index (κ2) is 10.8. The highest BCUT2D eigenvalue weighted by Gasteiger charge is 2.30. The van der Waals surface area contributed by atoms with Crippen molar-refractivity contribution in [1.82, 2.24) is 20.0 Å². The van der Waals surface area contributed by atoms with Crippen molar-refractivity contribution in [2.45, 2.75) is 63.8 Å². The number of likely N-dealkylation sites (tertiary alicyclic amines) is 1. The normalized spacial score (nSPS) is 17.8. The number of aliphatic hydroxyl groups is 1. The predicted octanol–water partition coefficient (Wildman–Crippen LogP) is 4.31. The number of aromatic nitrogens is 2. The number of benzene rings is 2. The van der Waals surface area contributed by atoms with E-state index in [1.807, 2.05) is 18.5 Å². The number of carbonyl (C=O) groups is 2. The number of Topliss-reactive ketones (excluding diaryl/α,β-unsaturated/α-hetero) is 1. The molecular weight excluding hydrogens is 492 g/mol. The minimum absolute atomic E-state index is 0.115. The Kier molecular flexibility index (Phi) is 7.51. The van der Waals surface area contributed by atoms with Gasteiger partial charge in [-0.1, -0.05) is 29.8 Å². The van der Waals surface area contributed by atoms with Crippen molar-refractivity contribution in [3.8, 4) is 5.75 Å². The Morgan fingerprint density at radius 1 is 1.16 bits per heavy atom. The molecule has 0 spiro atoms. The van der Waals surface area contributed by atoms with Gasteiger partial charge in [-0.25, -0.2) is 0 Å². The molecule has 8 nitrogen and oxygen atoms in total. The molecule has 2 heterocycles. The minimum Gasteiger partial charge on any atom is -0.489 e. The number of amides is 1. The van der Waals surface area contributed by atoms with Crippen LogP contribution in [0.15, 0.2) is 42.6 Å². The van der Waals surface area contributed by atoms with Crippen LogP contribution in [0.4, 0.5) is 0 Å². The van der Waals surface area contributed by atoms with Crippen molar-refractivity contribution in [3.63, 3.8) is 0 Å². The molecule has 2 aliphatic rings. The van der Waals surface area contributed by atoms with E-state index >= 15 is 0 Å². The molecule has 2 atom stereocenters. The van der Waals surface area contributed by atoms with E-state index in [-0.39, 0.29) is 17.7 Å². The third-order valence-corrected chi connectivity index (χ3v) is 7.32. The summed E-state index contributed by atoms with van der Waals surface area (Å²) in [5.41, 5.74) is 1.64. The molecule has 0 unspecified atom stereocenters. The number of nitrogens with one attached hydrogen (secondary N) is 1. The minimum atomic E-state index is -1.05. The van der Waals surface area contributed by atoms with Crippen LogP contribution in [-0.4, -0.2) is 63.3 Å². The van der Waals surface area contributed by atoms with Gasteiger partial charge in [-0.15, -0.1) is 0 Å². The molecule has 0 bridgehead atoms. The number of nitrogens with zero attached hydrogens (tertiary/aromatic N) is 3. The van der Waals surface area contributed by atoms with Crippen LogP contribution in [0.25, 0.3) is 10.9 Å². The summed E-state index contributed by atoms with van der Waals surface area (Å²) in [6.07, 6.45) is 5.08. The number of rotatable bonds is 10. The van der Waals surface area contributed by atoms with E-state index < -0.39 is 23.8 Å². The number of carbonyl (C=O) groups excluding carboxylic acids is 2. The topological polar surface area (TPSA) is 96.7 Å². The lowest BCUT2D eigenvalue weighted by molar-refractivity contribution is -0.118. The average Bonchev–Trinajstić information content (AvgIpc) is 3.36. The average molecular weight is 525 g/mol. The summed E-state index contributed by atoms with van der Waals surface area (Å²) >= 11 is 6.43. The second-order valence-electron chi connectivity index (χ2n) is 10.3. The third-order valence-electron chi connectivity index (χ3n) is 7.02. The highest BCUT2D eigenvalue weighted by atomic mass is 35.5. The Morgan fingerprint density at radius 3 is 2.59 bits per heavy atom. The summed E-state index contributed by atoms with van der Waals surface area (Å²) in [6.45, 7) is 6.22. The first-order chi connectivity index (χ1) is 17.8. The highest BCUT2D eigenvalue weighted by Crippen LogP contribution is 2.34. The molecule has 1 aliphatic carbocycles. The molecule has 1 amide bonds. The van der Waals surface area contributed by atoms with Crippen molar-refractivity contribution >= 4 is 34.2 Å². The number of hydrogen-bond donors (Lipinski definition) is 2. The molecule has 3 aromatic rings. The largest absolute Gasteiger partial charge is 0.489 e. The molecule has 2 fully saturated rings. The first-order valence-electron chi connectivity index (χ1n) is 13.0. The second-order valence-corrected chi connectivity index (χ2v) is 10.7. The zero-order chi connectivity index (χ0) is 26.1. The maximum atomic E-state index is 13.2. The lowest BCUT2D eigenvalue weighted by atomic mass is 10.0. The van der Waals surface area contributed by atoms with Crippen LogP contribution >= 0.6 is 11.6 Å². The van der Waals surface area contributed by atoms with Gasteiger partial charge in [-0.05, 0) is 76.4 Å². The van der Waals surface area contributed by atoms with Crippen LogP contribution in [0.2, 0.25) is 5.02 Å². The first kappa shape index (κ1) is 25.7. The van der Waals surface area contributed by atoms with Gasteiger partial charge in [0.2, 0.25) is 5.78 Å². The molecule has 1 saturated carbocycles. The van der Waals surface area contributed by atoms with Gasteiger partial charge in [-0.2, -0.15) is 5.10 Å². The Hall–Kier alpha value is -2.94. The summed E-state index contributed by atoms with van der Waals surface area (Å²) in [5, 5.41) is 19.8. The van der Waals surface area contributed by atoms with Crippen molar-refractivity contribution in [3.05, 3.63) is 58.7 Å². The fourth-order valence-corrected chi connectivity index (χ4v) is 5.05. The molecule has 1 aliphatic heterocycles. The molecule has 0 radical (unpaired) electrons. The summed E-state index contributed by atoms with van der Waals surface area (Å²) < 4.78 is 7.63. The zero-order valence-corrected chi connectivity index (χ0v) is 21.9. The molecule has 5 rings (SSSR count). The monoisotopic (exact) mass is 524 g/mol. The van der Waals surface area contributed by atoms with Crippen LogP contribution in [-0.2, 0) is 4.79 Å². The lowest BCUT2D eigenvalue weighted by Gasteiger charge is -2.28. The molecule has 1 saturated heterocycles. The van der Waals surface area contributed by atoms with Crippen LogP contribution in [0.5, 0.6) is 5.75 Å². The standard InChI is InChI=1S/C28H33ClN4O4/c1-17(2)33-24-14-19(5-6-20(24)15-30-33)27(35)28(36)31-23(16-32-11-3-4-12-32)26(34)18-7-10-25(22(29)13-18)37-21-8-9-21/h5-7,10,13-15,17,21,23,26,34H,3-4,8-9,11-12,16H2,1-2H3,(H,31,36)/t23-,26-/m1/s1. The highest BCUT2D eigenvalue weighted by molar-refractivity contribution is 6.43. The summed E-state index contributed by atoms with van der Waals surface area (Å²) in [7, 11) is 0. The first-order valence-corrected chi connectivity index (χ1v) is 13.4. The summed E-state index contributed by atoms with van der Waals surface area (Å²) in [6, 6.07) is 9.76. The van der Waals surface area contributed by atoms with E-state index in [0.29, 0.717) is 22.9 Å². The maximum Gasteiger partial charge on any atom is 0.292 e. The van der Waals surface area contributed by atoms with Crippen LogP contribution in [0, 0.1) is 0 Å². The smallest absolute Gasteiger partial charge is 0.292 e. The number of fused-ring (bicyclic) bond motifs is 1. The molecule has 37 heavy (non-hydrogen) atoms. The fourth-order valence-electron chi connectivity index (χ4n) is 4.82. The van der Waals surface area contributed by atoms with Gasteiger partial charge in [0.1, 0.15) is 11.9 Å². The van der Waals surface area contributed by atoms with Gasteiger partial charge in [0, 0.05) is 23.5 Å². The van der Waals surface area contributed by atoms with Gasteiger partial charge in [0.15, 0.2) is 0 Å². The SMILES string of the molecule is CC(C)n1ncc2ccc(C(=O)C(=O)N[C@H](CN3CCCC3)[C@H](O)c3ccc(OC4CC4)c(Cl)c3)cc21. The summed E-state index contributed by atoms with van der Waals surface area (Å²) in [4.78, 5) is 28.5. The van der Waals surface area contributed by atoms with Gasteiger partial charge in [0.25, 0.3) is 5.91 Å². The van der Waals surface area contributed by atoms with Crippen LogP contribution < -0.4 is 10.1 Å².